The molecule has 2 aromatic heterocycles. The average molecular weight is 619 g/mol. The molecule has 5 heterocycles. The number of esters is 1. The molecule has 0 radical (unpaired) electrons. The van der Waals surface area contributed by atoms with Gasteiger partial charge in [-0.05, 0) is 56.1 Å². The number of likely N-dealkylation sites (tertiary alicyclic amines) is 1. The molecule has 13 heteroatoms. The van der Waals surface area contributed by atoms with Gasteiger partial charge in [-0.3, -0.25) is 19.6 Å². The molecular formula is C31H31FN6O5S. The van der Waals surface area contributed by atoms with Crippen molar-refractivity contribution < 1.29 is 28.6 Å². The minimum Gasteiger partial charge on any atom is -0.478 e. The normalized spacial score (nSPS) is 22.0. The first kappa shape index (κ1) is 29.6. The first-order chi connectivity index (χ1) is 21.2. The molecular weight excluding hydrogens is 587 g/mol. The number of hydrogen-bond acceptors (Lipinski definition) is 10. The van der Waals surface area contributed by atoms with Crippen molar-refractivity contribution in [3.8, 4) is 0 Å². The molecule has 44 heavy (non-hydrogen) atoms. The standard InChI is InChI=1S/C31H31FN6O5S/c1-3-43-31(42)25-23(35-27(28-33-10-12-44-28)36-26(25)20-5-4-6-22(32)17(20)2)16-37-11-9-21-19(14-37)15-38(29(21)39)24-8-7-18(13-34-24)30(40)41/h4-8,10,12-13,19,21,26H,3,9,11,14-16H2,1-2H3,(H,35,36)(H,40,41)/t19-,21-,26-/m0/s1. The number of piperidine rings is 1. The second kappa shape index (κ2) is 12.2. The number of aromatic carboxylic acids is 1. The molecule has 0 aliphatic carbocycles. The number of halogens is 1. The van der Waals surface area contributed by atoms with Crippen molar-refractivity contribution in [2.24, 2.45) is 16.8 Å². The van der Waals surface area contributed by atoms with Crippen molar-refractivity contribution in [3.63, 3.8) is 0 Å². The lowest BCUT2D eigenvalue weighted by Gasteiger charge is -2.36. The first-order valence-corrected chi connectivity index (χ1v) is 15.3. The van der Waals surface area contributed by atoms with E-state index in [1.165, 1.54) is 29.7 Å². The molecule has 3 aliphatic rings. The summed E-state index contributed by atoms with van der Waals surface area (Å²) in [7, 11) is 0. The molecule has 2 fully saturated rings. The highest BCUT2D eigenvalue weighted by Gasteiger charge is 2.45. The maximum Gasteiger partial charge on any atom is 0.338 e. The van der Waals surface area contributed by atoms with Crippen LogP contribution in [0.5, 0.6) is 0 Å². The number of carboxylic acids is 1. The number of hydrogen-bond donors (Lipinski definition) is 2. The lowest BCUT2D eigenvalue weighted by molar-refractivity contribution is -0.139. The number of aromatic nitrogens is 2. The number of amides is 1. The number of carbonyl (C=O) groups is 3. The number of nitrogens with one attached hydrogen (secondary N) is 1. The number of amidine groups is 1. The van der Waals surface area contributed by atoms with E-state index in [0.29, 0.717) is 71.7 Å². The van der Waals surface area contributed by atoms with E-state index in [1.54, 1.807) is 43.1 Å². The summed E-state index contributed by atoms with van der Waals surface area (Å²) < 4.78 is 20.2. The summed E-state index contributed by atoms with van der Waals surface area (Å²) in [5, 5.41) is 15.0. The molecule has 1 amide bonds. The number of aliphatic imine (C=N–C) groups is 1. The van der Waals surface area contributed by atoms with Gasteiger partial charge in [0.05, 0.1) is 17.7 Å². The zero-order chi connectivity index (χ0) is 31.0. The maximum atomic E-state index is 14.7. The maximum absolute atomic E-state index is 14.7. The van der Waals surface area contributed by atoms with Crippen LogP contribution >= 0.6 is 11.3 Å². The van der Waals surface area contributed by atoms with Gasteiger partial charge in [0.15, 0.2) is 10.8 Å². The van der Waals surface area contributed by atoms with Crippen LogP contribution in [-0.4, -0.2) is 76.4 Å². The van der Waals surface area contributed by atoms with Crippen LogP contribution in [0.15, 0.2) is 64.4 Å². The number of fused-ring (bicyclic) bond motifs is 1. The Morgan fingerprint density at radius 2 is 2.05 bits per heavy atom. The Morgan fingerprint density at radius 3 is 2.75 bits per heavy atom. The minimum atomic E-state index is -1.08. The molecule has 0 bridgehead atoms. The monoisotopic (exact) mass is 618 g/mol. The van der Waals surface area contributed by atoms with Gasteiger partial charge >= 0.3 is 11.9 Å². The molecule has 2 N–H and O–H groups in total. The number of rotatable bonds is 8. The lowest BCUT2D eigenvalue weighted by atomic mass is 9.87. The summed E-state index contributed by atoms with van der Waals surface area (Å²) in [5.74, 6) is -1.26. The number of ether oxygens (including phenoxy) is 1. The summed E-state index contributed by atoms with van der Waals surface area (Å²) in [5.41, 5.74) is 1.94. The lowest BCUT2D eigenvalue weighted by Crippen LogP contribution is -2.45. The van der Waals surface area contributed by atoms with E-state index in [2.05, 4.69) is 20.2 Å². The summed E-state index contributed by atoms with van der Waals surface area (Å²) in [6, 6.07) is 6.97. The molecule has 0 unspecified atom stereocenters. The molecule has 3 atom stereocenters. The molecule has 2 saturated heterocycles. The highest BCUT2D eigenvalue weighted by molar-refractivity contribution is 7.11. The molecule has 0 saturated carbocycles. The Balaban J connectivity index is 1.30. The quantitative estimate of drug-likeness (QED) is 0.363. The summed E-state index contributed by atoms with van der Waals surface area (Å²) in [6.07, 6.45) is 3.55. The third-order valence-corrected chi connectivity index (χ3v) is 9.11. The van der Waals surface area contributed by atoms with Crippen molar-refractivity contribution in [2.45, 2.75) is 26.3 Å². The van der Waals surface area contributed by atoms with E-state index < -0.39 is 18.0 Å². The number of thiazole rings is 1. The number of nitrogens with zero attached hydrogens (tertiary/aromatic N) is 5. The molecule has 0 spiro atoms. The van der Waals surface area contributed by atoms with Crippen LogP contribution in [0.1, 0.15) is 45.9 Å². The fourth-order valence-electron chi connectivity index (χ4n) is 6.15. The second-order valence-electron chi connectivity index (χ2n) is 11.0. The molecule has 6 rings (SSSR count). The van der Waals surface area contributed by atoms with Gasteiger partial charge < -0.3 is 15.2 Å². The molecule has 11 nitrogen and oxygen atoms in total. The number of benzene rings is 1. The molecule has 3 aromatic rings. The van der Waals surface area contributed by atoms with Crippen molar-refractivity contribution in [2.75, 3.05) is 37.7 Å². The zero-order valence-electron chi connectivity index (χ0n) is 24.2. The van der Waals surface area contributed by atoms with Crippen LogP contribution in [0.25, 0.3) is 0 Å². The van der Waals surface area contributed by atoms with E-state index in [0.717, 1.165) is 0 Å². The minimum absolute atomic E-state index is 0.0146. The van der Waals surface area contributed by atoms with Gasteiger partial charge in [-0.2, -0.15) is 0 Å². The summed E-state index contributed by atoms with van der Waals surface area (Å²) in [4.78, 5) is 55.4. The predicted octanol–water partition coefficient (Wildman–Crippen LogP) is 3.58. The highest BCUT2D eigenvalue weighted by Crippen LogP contribution is 2.38. The fourth-order valence-corrected chi connectivity index (χ4v) is 6.74. The summed E-state index contributed by atoms with van der Waals surface area (Å²) >= 11 is 1.40. The molecule has 3 aliphatic heterocycles. The fraction of sp³-hybridized carbons (Fsp3) is 0.355. The van der Waals surface area contributed by atoms with Gasteiger partial charge in [-0.15, -0.1) is 11.3 Å². The Bertz CT molecular complexity index is 1660. The highest BCUT2D eigenvalue weighted by atomic mass is 32.1. The van der Waals surface area contributed by atoms with Crippen LogP contribution < -0.4 is 10.2 Å². The number of carboxylic acid groups (broad SMARTS) is 1. The van der Waals surface area contributed by atoms with Crippen molar-refractivity contribution in [1.29, 1.82) is 0 Å². The Kier molecular flexibility index (Phi) is 8.23. The molecule has 228 valence electrons. The third-order valence-electron chi connectivity index (χ3n) is 8.33. The van der Waals surface area contributed by atoms with E-state index in [4.69, 9.17) is 9.73 Å². The van der Waals surface area contributed by atoms with Gasteiger partial charge in [0.1, 0.15) is 17.7 Å². The third kappa shape index (κ3) is 5.60. The van der Waals surface area contributed by atoms with Crippen LogP contribution in [-0.2, 0) is 14.3 Å². The zero-order valence-corrected chi connectivity index (χ0v) is 25.0. The van der Waals surface area contributed by atoms with Crippen LogP contribution in [0.4, 0.5) is 10.2 Å². The molecule has 1 aromatic carbocycles. The largest absolute Gasteiger partial charge is 0.478 e. The van der Waals surface area contributed by atoms with Crippen LogP contribution in [0.3, 0.4) is 0 Å². The predicted molar refractivity (Wildman–Crippen MR) is 161 cm³/mol. The van der Waals surface area contributed by atoms with Crippen molar-refractivity contribution in [1.82, 2.24) is 20.2 Å². The van der Waals surface area contributed by atoms with Crippen LogP contribution in [0.2, 0.25) is 0 Å². The Labute approximate surface area is 257 Å². The van der Waals surface area contributed by atoms with Gasteiger partial charge in [-0.25, -0.2) is 23.9 Å². The Hall–Kier alpha value is -4.49. The number of anilines is 1. The topological polar surface area (TPSA) is 137 Å². The SMILES string of the molecule is CCOC(=O)C1=C(CN2CC[C@@H]3C(=O)N(c4ccc(C(=O)O)cn4)C[C@@H]3C2)NC(c2nccs2)=N[C@H]1c1cccc(F)c1C. The van der Waals surface area contributed by atoms with Crippen molar-refractivity contribution >= 4 is 40.8 Å². The smallest absolute Gasteiger partial charge is 0.338 e. The number of carbonyl (C=O) groups excluding carboxylic acids is 2. The van der Waals surface area contributed by atoms with E-state index in [-0.39, 0.29) is 35.7 Å². The van der Waals surface area contributed by atoms with Gasteiger partial charge in [0.25, 0.3) is 0 Å². The van der Waals surface area contributed by atoms with E-state index in [1.807, 2.05) is 5.38 Å². The van der Waals surface area contributed by atoms with E-state index in [9.17, 15) is 23.9 Å². The average Bonchev–Trinajstić information content (AvgIpc) is 3.67. The first-order valence-electron chi connectivity index (χ1n) is 14.4. The number of pyridine rings is 1. The van der Waals surface area contributed by atoms with Crippen LogP contribution in [0, 0.1) is 24.6 Å². The van der Waals surface area contributed by atoms with Crippen molar-refractivity contribution in [3.05, 3.63) is 86.9 Å². The van der Waals surface area contributed by atoms with Gasteiger partial charge in [0.2, 0.25) is 5.91 Å². The van der Waals surface area contributed by atoms with E-state index >= 15 is 0 Å². The van der Waals surface area contributed by atoms with Gasteiger partial charge in [0, 0.05) is 54.9 Å². The van der Waals surface area contributed by atoms with Gasteiger partial charge in [-0.1, -0.05) is 12.1 Å². The summed E-state index contributed by atoms with van der Waals surface area (Å²) in [6.45, 7) is 5.58. The Morgan fingerprint density at radius 1 is 1.20 bits per heavy atom. The second-order valence-corrected chi connectivity index (χ2v) is 11.9.